The van der Waals surface area contributed by atoms with Crippen molar-refractivity contribution < 1.29 is 33.5 Å². The molecule has 0 bridgehead atoms. The van der Waals surface area contributed by atoms with Gasteiger partial charge in [0.1, 0.15) is 24.1 Å². The van der Waals surface area contributed by atoms with Gasteiger partial charge in [-0.15, -0.1) is 0 Å². The molecule has 12 heteroatoms. The van der Waals surface area contributed by atoms with Gasteiger partial charge in [-0.1, -0.05) is 12.1 Å². The Morgan fingerprint density at radius 2 is 1.95 bits per heavy atom. The fourth-order valence-electron chi connectivity index (χ4n) is 4.91. The Morgan fingerprint density at radius 1 is 1.29 bits per heavy atom. The van der Waals surface area contributed by atoms with Crippen molar-refractivity contribution >= 4 is 19.1 Å². The number of nitriles is 1. The molecule has 206 valence electrons. The number of carbonyl (C=O) groups is 2. The molecule has 2 atom stereocenters. The summed E-state index contributed by atoms with van der Waals surface area (Å²) in [5, 5.41) is 31.7. The zero-order valence-corrected chi connectivity index (χ0v) is 22.2. The molecule has 38 heavy (non-hydrogen) atoms. The van der Waals surface area contributed by atoms with Gasteiger partial charge in [0.05, 0.1) is 24.7 Å². The molecule has 0 aromatic heterocycles. The zero-order chi connectivity index (χ0) is 27.9. The summed E-state index contributed by atoms with van der Waals surface area (Å²) in [5.74, 6) is -1.93. The normalized spacial score (nSPS) is 21.5. The molecule has 0 aliphatic carbocycles. The number of amides is 2. The number of rotatable bonds is 9. The third-order valence-electron chi connectivity index (χ3n) is 7.21. The Kier molecular flexibility index (Phi) is 9.90. The van der Waals surface area contributed by atoms with Crippen LogP contribution < -0.4 is 5.32 Å². The Balaban J connectivity index is 1.63. The first-order valence-corrected chi connectivity index (χ1v) is 12.8. The van der Waals surface area contributed by atoms with E-state index in [2.05, 4.69) is 16.3 Å². The first-order valence-electron chi connectivity index (χ1n) is 12.8. The third kappa shape index (κ3) is 7.54. The number of hydrogen-bond acceptors (Lipinski definition) is 8. The quantitative estimate of drug-likeness (QED) is 0.248. The molecule has 1 aromatic rings. The molecule has 2 aliphatic rings. The Labute approximate surface area is 223 Å². The largest absolute Gasteiger partial charge is 0.475 e. The Bertz CT molecular complexity index is 1050. The van der Waals surface area contributed by atoms with Crippen molar-refractivity contribution in [3.63, 3.8) is 0 Å². The topological polar surface area (TPSA) is 135 Å². The van der Waals surface area contributed by atoms with Gasteiger partial charge in [0, 0.05) is 25.2 Å². The van der Waals surface area contributed by atoms with Gasteiger partial charge >= 0.3 is 13.2 Å². The van der Waals surface area contributed by atoms with Crippen molar-refractivity contribution in [3.05, 3.63) is 47.3 Å². The highest BCUT2D eigenvalue weighted by molar-refractivity contribution is 6.43. The Morgan fingerprint density at radius 3 is 2.55 bits per heavy atom. The van der Waals surface area contributed by atoms with Gasteiger partial charge in [-0.05, 0) is 63.8 Å². The van der Waals surface area contributed by atoms with E-state index in [0.717, 1.165) is 0 Å². The van der Waals surface area contributed by atoms with E-state index in [9.17, 15) is 29.3 Å². The van der Waals surface area contributed by atoms with Crippen molar-refractivity contribution in [2.24, 2.45) is 0 Å². The first-order chi connectivity index (χ1) is 17.9. The van der Waals surface area contributed by atoms with Crippen LogP contribution >= 0.6 is 0 Å². The van der Waals surface area contributed by atoms with Crippen LogP contribution in [0.15, 0.2) is 35.9 Å². The smallest absolute Gasteiger partial charge is 0.447 e. The van der Waals surface area contributed by atoms with E-state index in [1.54, 1.807) is 17.9 Å². The van der Waals surface area contributed by atoms with Crippen molar-refractivity contribution in [1.82, 2.24) is 15.1 Å². The first kappa shape index (κ1) is 29.6. The monoisotopic (exact) mass is 530 g/mol. The Hall–Kier alpha value is -2.98. The molecular weight excluding hydrogens is 494 g/mol. The van der Waals surface area contributed by atoms with Gasteiger partial charge in [-0.25, -0.2) is 9.18 Å². The van der Waals surface area contributed by atoms with Crippen LogP contribution in [0.25, 0.3) is 0 Å². The number of halogens is 1. The van der Waals surface area contributed by atoms with E-state index in [1.807, 2.05) is 13.8 Å². The number of alkyl carbamates (subject to hydrolysis) is 1. The van der Waals surface area contributed by atoms with Crippen LogP contribution in [0.4, 0.5) is 9.18 Å². The number of hydrogen-bond donors (Lipinski definition) is 3. The number of nitrogens with one attached hydrogen (secondary N) is 1. The maximum Gasteiger partial charge on any atom is 0.475 e. The van der Waals surface area contributed by atoms with Crippen LogP contribution in [0.1, 0.15) is 39.2 Å². The number of nitrogens with zero attached hydrogens (tertiary/aromatic N) is 3. The average Bonchev–Trinajstić information content (AvgIpc) is 3.28. The molecule has 2 saturated heterocycles. The molecule has 2 amide bonds. The molecule has 2 aliphatic heterocycles. The van der Waals surface area contributed by atoms with E-state index < -0.39 is 42.0 Å². The van der Waals surface area contributed by atoms with E-state index in [-0.39, 0.29) is 18.6 Å². The molecule has 3 N–H and O–H groups in total. The molecule has 1 aromatic carbocycles. The summed E-state index contributed by atoms with van der Waals surface area (Å²) in [7, 11) is -1.87. The lowest BCUT2D eigenvalue weighted by molar-refractivity contribution is -0.131. The molecular formula is C26H36BFN4O6. The third-order valence-corrected chi connectivity index (χ3v) is 7.21. The van der Waals surface area contributed by atoms with E-state index in [4.69, 9.17) is 9.47 Å². The zero-order valence-electron chi connectivity index (χ0n) is 22.2. The molecule has 0 radical (unpaired) electrons. The minimum Gasteiger partial charge on any atom is -0.447 e. The predicted molar refractivity (Wildman–Crippen MR) is 138 cm³/mol. The highest BCUT2D eigenvalue weighted by Crippen LogP contribution is 2.31. The van der Waals surface area contributed by atoms with Crippen LogP contribution in [0.3, 0.4) is 0 Å². The van der Waals surface area contributed by atoms with Crippen LogP contribution in [0.2, 0.25) is 0 Å². The van der Waals surface area contributed by atoms with Crippen molar-refractivity contribution in [3.8, 4) is 6.07 Å². The van der Waals surface area contributed by atoms with Crippen LogP contribution in [0, 0.1) is 17.1 Å². The van der Waals surface area contributed by atoms with Gasteiger partial charge in [-0.2, -0.15) is 5.26 Å². The molecule has 10 nitrogen and oxygen atoms in total. The highest BCUT2D eigenvalue weighted by atomic mass is 19.1. The summed E-state index contributed by atoms with van der Waals surface area (Å²) in [6.45, 7) is 8.57. The molecule has 1 unspecified atom stereocenters. The number of morpholine rings is 1. The second-order valence-corrected chi connectivity index (χ2v) is 10.6. The van der Waals surface area contributed by atoms with E-state index >= 15 is 0 Å². The number of ether oxygens (including phenoxy) is 2. The number of carbonyl (C=O) groups excluding carboxylic acids is 2. The minimum absolute atomic E-state index is 0.0295. The van der Waals surface area contributed by atoms with E-state index in [1.165, 1.54) is 24.3 Å². The average molecular weight is 530 g/mol. The maximum atomic E-state index is 13.4. The van der Waals surface area contributed by atoms with Gasteiger partial charge in [-0.3, -0.25) is 9.69 Å². The fourth-order valence-corrected chi connectivity index (χ4v) is 4.91. The molecule has 2 heterocycles. The predicted octanol–water partition coefficient (Wildman–Crippen LogP) is 1.42. The van der Waals surface area contributed by atoms with Crippen molar-refractivity contribution in [1.29, 1.82) is 5.26 Å². The molecule has 2 fully saturated rings. The van der Waals surface area contributed by atoms with Gasteiger partial charge < -0.3 is 29.7 Å². The highest BCUT2D eigenvalue weighted by Gasteiger charge is 2.42. The summed E-state index contributed by atoms with van der Waals surface area (Å²) < 4.78 is 24.0. The summed E-state index contributed by atoms with van der Waals surface area (Å²) in [6, 6.07) is 7.52. The second-order valence-electron chi connectivity index (χ2n) is 10.6. The molecule has 0 spiro atoms. The lowest BCUT2D eigenvalue weighted by Gasteiger charge is -2.39. The van der Waals surface area contributed by atoms with Crippen LogP contribution in [0.5, 0.6) is 0 Å². The second kappa shape index (κ2) is 12.7. The lowest BCUT2D eigenvalue weighted by atomic mass is 9.76. The van der Waals surface area contributed by atoms with Gasteiger partial charge in [0.2, 0.25) is 0 Å². The van der Waals surface area contributed by atoms with E-state index in [0.29, 0.717) is 51.3 Å². The number of benzene rings is 1. The minimum atomic E-state index is -1.87. The maximum absolute atomic E-state index is 13.4. The van der Waals surface area contributed by atoms with Crippen molar-refractivity contribution in [2.45, 2.75) is 57.1 Å². The standard InChI is InChI=1S/C26H36BFN4O6/c1-25(2,31-11-13-37-14-12-31)16-20(17-29)23(33)32-10-4-9-26(32,3)18-38-24(34)30-22(27(35)36)15-19-5-7-21(28)8-6-19/h5-8,16,22,35-36H,4,9-15,18H2,1-3H3,(H,30,34)/t22-,26?/m0/s1. The number of likely N-dealkylation sites (tertiary alicyclic amines) is 1. The van der Waals surface area contributed by atoms with Crippen molar-refractivity contribution in [2.75, 3.05) is 39.5 Å². The summed E-state index contributed by atoms with van der Waals surface area (Å²) in [5.41, 5.74) is -0.735. The van der Waals surface area contributed by atoms with Gasteiger partial charge in [0.25, 0.3) is 5.91 Å². The van der Waals surface area contributed by atoms with Crippen LogP contribution in [-0.4, -0.2) is 95.4 Å². The van der Waals surface area contributed by atoms with Crippen LogP contribution in [-0.2, 0) is 20.7 Å². The summed E-state index contributed by atoms with van der Waals surface area (Å²) in [4.78, 5) is 29.7. The molecule has 3 rings (SSSR count). The summed E-state index contributed by atoms with van der Waals surface area (Å²) >= 11 is 0. The lowest BCUT2D eigenvalue weighted by Crippen LogP contribution is -2.52. The fraction of sp³-hybridized carbons (Fsp3) is 0.577. The van der Waals surface area contributed by atoms with Gasteiger partial charge in [0.15, 0.2) is 0 Å². The SMILES string of the molecule is CC(C)(C=C(C#N)C(=O)N1CCCC1(C)COC(=O)N[C@@H](Cc1ccc(F)cc1)B(O)O)N1CCOCC1. The summed E-state index contributed by atoms with van der Waals surface area (Å²) in [6.07, 6.45) is 2.11. The molecule has 0 saturated carbocycles.